The zero-order valence-electron chi connectivity index (χ0n) is 11.8. The monoisotopic (exact) mass is 277 g/mol. The Labute approximate surface area is 118 Å². The summed E-state index contributed by atoms with van der Waals surface area (Å²) in [6.07, 6.45) is 1.11. The number of rotatable bonds is 3. The second-order valence-electron chi connectivity index (χ2n) is 4.47. The van der Waals surface area contributed by atoms with E-state index in [-0.39, 0.29) is 0 Å². The first-order valence-electron chi connectivity index (χ1n) is 6.51. The van der Waals surface area contributed by atoms with Gasteiger partial charge in [-0.05, 0) is 12.1 Å². The number of piperidine rings is 1. The minimum absolute atomic E-state index is 0.535. The van der Waals surface area contributed by atoms with E-state index < -0.39 is 6.09 Å². The Morgan fingerprint density at radius 2 is 2.05 bits per heavy atom. The van der Waals surface area contributed by atoms with Gasteiger partial charge in [-0.2, -0.15) is 5.10 Å². The van der Waals surface area contributed by atoms with Crippen molar-refractivity contribution in [1.82, 2.24) is 5.43 Å². The third kappa shape index (κ3) is 3.63. The Morgan fingerprint density at radius 1 is 1.30 bits per heavy atom. The van der Waals surface area contributed by atoms with Gasteiger partial charge in [-0.25, -0.2) is 10.2 Å². The molecule has 1 amide bonds. The fourth-order valence-corrected chi connectivity index (χ4v) is 2.11. The Morgan fingerprint density at radius 3 is 2.70 bits per heavy atom. The number of amides is 1. The van der Waals surface area contributed by atoms with Crippen LogP contribution in [0.1, 0.15) is 12.8 Å². The van der Waals surface area contributed by atoms with Crippen LogP contribution in [0.5, 0.6) is 5.75 Å². The van der Waals surface area contributed by atoms with Crippen LogP contribution in [-0.4, -0.2) is 39.1 Å². The third-order valence-corrected chi connectivity index (χ3v) is 3.25. The molecule has 1 heterocycles. The van der Waals surface area contributed by atoms with E-state index in [2.05, 4.69) is 26.2 Å². The molecule has 1 aromatic carbocycles. The molecule has 1 aliphatic rings. The summed E-state index contributed by atoms with van der Waals surface area (Å²) in [6, 6.07) is 8.00. The van der Waals surface area contributed by atoms with Crippen molar-refractivity contribution in [2.24, 2.45) is 5.10 Å². The second-order valence-corrected chi connectivity index (χ2v) is 4.47. The van der Waals surface area contributed by atoms with Crippen LogP contribution >= 0.6 is 0 Å². The summed E-state index contributed by atoms with van der Waals surface area (Å²) in [5.41, 5.74) is 4.49. The molecule has 0 bridgehead atoms. The molecule has 6 nitrogen and oxygen atoms in total. The molecule has 0 aromatic heterocycles. The molecular formula is C14H19N3O3. The third-order valence-electron chi connectivity index (χ3n) is 3.25. The van der Waals surface area contributed by atoms with Crippen molar-refractivity contribution in [3.8, 4) is 5.75 Å². The molecule has 20 heavy (non-hydrogen) atoms. The van der Waals surface area contributed by atoms with Crippen molar-refractivity contribution >= 4 is 17.5 Å². The number of hydrazone groups is 1. The normalized spacial score (nSPS) is 14.7. The van der Waals surface area contributed by atoms with Crippen LogP contribution < -0.4 is 15.1 Å². The van der Waals surface area contributed by atoms with Gasteiger partial charge in [0.25, 0.3) is 0 Å². The van der Waals surface area contributed by atoms with Crippen LogP contribution in [-0.2, 0) is 4.74 Å². The fraction of sp³-hybridized carbons (Fsp3) is 0.429. The number of benzene rings is 1. The molecule has 0 radical (unpaired) electrons. The molecule has 0 unspecified atom stereocenters. The Hall–Kier alpha value is -2.24. The van der Waals surface area contributed by atoms with Crippen molar-refractivity contribution in [1.29, 1.82) is 0 Å². The van der Waals surface area contributed by atoms with Gasteiger partial charge >= 0.3 is 6.09 Å². The average Bonchev–Trinajstić information content (AvgIpc) is 2.53. The summed E-state index contributed by atoms with van der Waals surface area (Å²) in [6.45, 7) is 1.74. The van der Waals surface area contributed by atoms with Gasteiger partial charge in [-0.3, -0.25) is 0 Å². The number of hydrogen-bond donors (Lipinski definition) is 1. The maximum absolute atomic E-state index is 10.9. The summed E-state index contributed by atoms with van der Waals surface area (Å²) in [4.78, 5) is 13.2. The summed E-state index contributed by atoms with van der Waals surface area (Å²) in [5, 5.41) is 4.06. The molecule has 1 aromatic rings. The highest BCUT2D eigenvalue weighted by atomic mass is 16.5. The van der Waals surface area contributed by atoms with E-state index >= 15 is 0 Å². The van der Waals surface area contributed by atoms with Crippen molar-refractivity contribution in [3.05, 3.63) is 24.3 Å². The zero-order valence-corrected chi connectivity index (χ0v) is 11.8. The molecule has 1 aliphatic heterocycles. The highest BCUT2D eigenvalue weighted by Gasteiger charge is 2.16. The van der Waals surface area contributed by atoms with Crippen LogP contribution in [0.3, 0.4) is 0 Å². The van der Waals surface area contributed by atoms with Crippen LogP contribution in [0.15, 0.2) is 29.4 Å². The number of methoxy groups -OCH3 is 2. The van der Waals surface area contributed by atoms with Crippen molar-refractivity contribution < 1.29 is 14.3 Å². The summed E-state index contributed by atoms with van der Waals surface area (Å²) in [7, 11) is 2.99. The first kappa shape index (κ1) is 14.2. The van der Waals surface area contributed by atoms with Crippen LogP contribution in [0.4, 0.5) is 10.5 Å². The second kappa shape index (κ2) is 6.79. The van der Waals surface area contributed by atoms with Gasteiger partial charge in [-0.1, -0.05) is 6.07 Å². The molecule has 1 saturated heterocycles. The number of carbonyl (C=O) groups excluding carboxylic acids is 1. The lowest BCUT2D eigenvalue weighted by molar-refractivity contribution is 0.171. The molecule has 108 valence electrons. The summed E-state index contributed by atoms with van der Waals surface area (Å²) < 4.78 is 9.71. The van der Waals surface area contributed by atoms with E-state index in [1.165, 1.54) is 7.11 Å². The van der Waals surface area contributed by atoms with E-state index in [1.54, 1.807) is 7.11 Å². The minimum Gasteiger partial charge on any atom is -0.497 e. The number of carbonyl (C=O) groups is 1. The maximum Gasteiger partial charge on any atom is 0.427 e. The topological polar surface area (TPSA) is 63.2 Å². The standard InChI is InChI=1S/C14H19N3O3/c1-19-13-5-3-4-12(10-13)17-8-6-11(7-9-17)15-16-14(18)20-2/h3-5,10H,6-9H2,1-2H3,(H,16,18). The van der Waals surface area contributed by atoms with Gasteiger partial charge in [0.05, 0.1) is 14.2 Å². The van der Waals surface area contributed by atoms with Gasteiger partial charge in [0.1, 0.15) is 5.75 Å². The van der Waals surface area contributed by atoms with Gasteiger partial charge in [0.15, 0.2) is 0 Å². The summed E-state index contributed by atoms with van der Waals surface area (Å²) >= 11 is 0. The SMILES string of the molecule is COC(=O)NN=C1CCN(c2cccc(OC)c2)CC1. The number of hydrogen-bond acceptors (Lipinski definition) is 5. The Bertz CT molecular complexity index is 492. The molecule has 0 spiro atoms. The lowest BCUT2D eigenvalue weighted by Gasteiger charge is -2.29. The predicted molar refractivity (Wildman–Crippen MR) is 77.4 cm³/mol. The molecular weight excluding hydrogens is 258 g/mol. The van der Waals surface area contributed by atoms with Gasteiger partial charge < -0.3 is 14.4 Å². The zero-order chi connectivity index (χ0) is 14.4. The minimum atomic E-state index is -0.535. The van der Waals surface area contributed by atoms with E-state index in [4.69, 9.17) is 4.74 Å². The molecule has 0 atom stereocenters. The Balaban J connectivity index is 1.92. The molecule has 1 fully saturated rings. The first-order valence-corrected chi connectivity index (χ1v) is 6.51. The fourth-order valence-electron chi connectivity index (χ4n) is 2.11. The molecule has 0 aliphatic carbocycles. The molecule has 1 N–H and O–H groups in total. The van der Waals surface area contributed by atoms with E-state index in [0.717, 1.165) is 43.1 Å². The van der Waals surface area contributed by atoms with E-state index in [1.807, 2.05) is 18.2 Å². The van der Waals surface area contributed by atoms with Gasteiger partial charge in [0.2, 0.25) is 0 Å². The van der Waals surface area contributed by atoms with E-state index in [9.17, 15) is 4.79 Å². The first-order chi connectivity index (χ1) is 9.72. The maximum atomic E-state index is 10.9. The number of anilines is 1. The lowest BCUT2D eigenvalue weighted by atomic mass is 10.1. The molecule has 2 rings (SSSR count). The predicted octanol–water partition coefficient (Wildman–Crippen LogP) is 2.01. The lowest BCUT2D eigenvalue weighted by Crippen LogP contribution is -2.34. The largest absolute Gasteiger partial charge is 0.497 e. The smallest absolute Gasteiger partial charge is 0.427 e. The summed E-state index contributed by atoms with van der Waals surface area (Å²) in [5.74, 6) is 0.856. The van der Waals surface area contributed by atoms with Crippen molar-refractivity contribution in [3.63, 3.8) is 0 Å². The molecule has 0 saturated carbocycles. The number of nitrogens with zero attached hydrogens (tertiary/aromatic N) is 2. The van der Waals surface area contributed by atoms with Gasteiger partial charge in [-0.15, -0.1) is 0 Å². The highest BCUT2D eigenvalue weighted by molar-refractivity contribution is 5.87. The number of nitrogens with one attached hydrogen (secondary N) is 1. The molecule has 6 heteroatoms. The highest BCUT2D eigenvalue weighted by Crippen LogP contribution is 2.23. The van der Waals surface area contributed by atoms with Crippen molar-refractivity contribution in [2.75, 3.05) is 32.2 Å². The Kier molecular flexibility index (Phi) is 4.81. The van der Waals surface area contributed by atoms with Crippen LogP contribution in [0.25, 0.3) is 0 Å². The average molecular weight is 277 g/mol. The van der Waals surface area contributed by atoms with Crippen LogP contribution in [0.2, 0.25) is 0 Å². The number of ether oxygens (including phenoxy) is 2. The van der Waals surface area contributed by atoms with E-state index in [0.29, 0.717) is 0 Å². The van der Waals surface area contributed by atoms with Gasteiger partial charge in [0, 0.05) is 43.4 Å². The van der Waals surface area contributed by atoms with Crippen molar-refractivity contribution in [2.45, 2.75) is 12.8 Å². The quantitative estimate of drug-likeness (QED) is 0.858. The van der Waals surface area contributed by atoms with Crippen LogP contribution in [0, 0.1) is 0 Å².